The van der Waals surface area contributed by atoms with Crippen molar-refractivity contribution in [3.8, 4) is 0 Å². The third-order valence-corrected chi connectivity index (χ3v) is 7.74. The minimum atomic E-state index is -4.64. The Kier molecular flexibility index (Phi) is 5.46. The number of hydrogen-bond donors (Lipinski definition) is 1. The zero-order chi connectivity index (χ0) is 22.3. The Balaban J connectivity index is 2.04. The Morgan fingerprint density at radius 2 is 1.50 bits per heavy atom. The van der Waals surface area contributed by atoms with Gasteiger partial charge in [-0.05, 0) is 50.2 Å². The summed E-state index contributed by atoms with van der Waals surface area (Å²) in [7, 11) is -8.42. The van der Waals surface area contributed by atoms with Crippen molar-refractivity contribution >= 4 is 25.7 Å². The van der Waals surface area contributed by atoms with Crippen molar-refractivity contribution in [1.29, 1.82) is 0 Å². The summed E-state index contributed by atoms with van der Waals surface area (Å²) < 4.78 is 93.2. The van der Waals surface area contributed by atoms with Gasteiger partial charge in [0.15, 0.2) is 0 Å². The second-order valence-corrected chi connectivity index (χ2v) is 9.94. The molecule has 0 atom stereocenters. The minimum Gasteiger partial charge on any atom is -0.280 e. The number of halogens is 3. The van der Waals surface area contributed by atoms with Crippen LogP contribution in [0.5, 0.6) is 0 Å². The molecule has 0 radical (unpaired) electrons. The highest BCUT2D eigenvalue weighted by Gasteiger charge is 2.32. The maximum atomic E-state index is 13.0. The molecule has 1 aromatic heterocycles. The van der Waals surface area contributed by atoms with E-state index >= 15 is 0 Å². The Morgan fingerprint density at radius 3 is 2.10 bits per heavy atom. The quantitative estimate of drug-likeness (QED) is 0.622. The number of nitrogens with one attached hydrogen (secondary N) is 1. The first-order valence-electron chi connectivity index (χ1n) is 8.54. The monoisotopic (exact) mass is 458 g/mol. The maximum absolute atomic E-state index is 13.0. The molecule has 2 aromatic carbocycles. The summed E-state index contributed by atoms with van der Waals surface area (Å²) in [5.74, 6) is 0. The number of rotatable bonds is 5. The lowest BCUT2D eigenvalue weighted by molar-refractivity contribution is -0.137. The molecule has 0 saturated carbocycles. The van der Waals surface area contributed by atoms with Gasteiger partial charge in [0, 0.05) is 11.4 Å². The molecule has 0 bridgehead atoms. The molecule has 1 heterocycles. The van der Waals surface area contributed by atoms with Crippen LogP contribution in [0.4, 0.5) is 18.9 Å². The molecular formula is C19H17F3N2O4S2. The van der Waals surface area contributed by atoms with Crippen molar-refractivity contribution < 1.29 is 30.0 Å². The fraction of sp³-hybridized carbons (Fsp3) is 0.158. The van der Waals surface area contributed by atoms with Crippen LogP contribution in [0.25, 0.3) is 0 Å². The first-order valence-corrected chi connectivity index (χ1v) is 11.5. The number of anilines is 1. The summed E-state index contributed by atoms with van der Waals surface area (Å²) in [6.45, 7) is 2.74. The summed E-state index contributed by atoms with van der Waals surface area (Å²) in [5.41, 5.74) is -1.25. The number of hydrogen-bond acceptors (Lipinski definition) is 4. The summed E-state index contributed by atoms with van der Waals surface area (Å²) in [6.07, 6.45) is -4.64. The third kappa shape index (κ3) is 4.08. The molecule has 0 aliphatic rings. The normalized spacial score (nSPS) is 12.7. The number of alkyl halides is 3. The molecule has 0 unspecified atom stereocenters. The van der Waals surface area contributed by atoms with Gasteiger partial charge in [0.2, 0.25) is 0 Å². The van der Waals surface area contributed by atoms with Crippen molar-refractivity contribution in [1.82, 2.24) is 3.97 Å². The van der Waals surface area contributed by atoms with Gasteiger partial charge < -0.3 is 0 Å². The average molecular weight is 458 g/mol. The highest BCUT2D eigenvalue weighted by Crippen LogP contribution is 2.32. The van der Waals surface area contributed by atoms with Gasteiger partial charge in [-0.3, -0.25) is 4.72 Å². The van der Waals surface area contributed by atoms with E-state index in [0.29, 0.717) is 6.07 Å². The van der Waals surface area contributed by atoms with Crippen LogP contribution in [-0.4, -0.2) is 20.8 Å². The molecule has 1 N–H and O–H groups in total. The molecule has 6 nitrogen and oxygen atoms in total. The van der Waals surface area contributed by atoms with E-state index in [2.05, 4.69) is 4.72 Å². The summed E-state index contributed by atoms with van der Waals surface area (Å²) in [6, 6.07) is 12.4. The van der Waals surface area contributed by atoms with Crippen molar-refractivity contribution in [2.45, 2.75) is 29.8 Å². The lowest BCUT2D eigenvalue weighted by Crippen LogP contribution is -2.18. The lowest BCUT2D eigenvalue weighted by atomic mass is 10.2. The first-order chi connectivity index (χ1) is 13.8. The zero-order valence-electron chi connectivity index (χ0n) is 15.8. The average Bonchev–Trinajstić information content (AvgIpc) is 2.97. The summed E-state index contributed by atoms with van der Waals surface area (Å²) >= 11 is 0. The molecule has 0 saturated heterocycles. The van der Waals surface area contributed by atoms with Gasteiger partial charge >= 0.3 is 6.18 Å². The fourth-order valence-corrected chi connectivity index (χ4v) is 6.04. The molecule has 0 amide bonds. The van der Waals surface area contributed by atoms with E-state index < -0.39 is 31.8 Å². The van der Waals surface area contributed by atoms with Gasteiger partial charge in [0.05, 0.1) is 16.2 Å². The van der Waals surface area contributed by atoms with Gasteiger partial charge in [0.1, 0.15) is 4.90 Å². The number of sulfonamides is 1. The van der Waals surface area contributed by atoms with Crippen LogP contribution in [0.2, 0.25) is 0 Å². The molecule has 0 aliphatic carbocycles. The van der Waals surface area contributed by atoms with Gasteiger partial charge in [-0.1, -0.05) is 24.3 Å². The number of nitrogens with zero attached hydrogens (tertiary/aromatic N) is 1. The van der Waals surface area contributed by atoms with Crippen molar-refractivity contribution in [2.24, 2.45) is 0 Å². The second-order valence-electron chi connectivity index (χ2n) is 6.50. The van der Waals surface area contributed by atoms with Gasteiger partial charge in [-0.25, -0.2) is 20.8 Å². The summed E-state index contributed by atoms with van der Waals surface area (Å²) in [5, 5.41) is 0. The van der Waals surface area contributed by atoms with Crippen LogP contribution in [-0.2, 0) is 26.2 Å². The largest absolute Gasteiger partial charge is 0.416 e. The molecule has 0 spiro atoms. The van der Waals surface area contributed by atoms with Crippen molar-refractivity contribution in [2.75, 3.05) is 4.72 Å². The Morgan fingerprint density at radius 1 is 0.867 bits per heavy atom. The molecule has 0 fully saturated rings. The van der Waals surface area contributed by atoms with E-state index in [9.17, 15) is 30.0 Å². The molecule has 11 heteroatoms. The highest BCUT2D eigenvalue weighted by molar-refractivity contribution is 7.93. The standard InChI is InChI=1S/C19H17F3N2O4S2/c1-13-11-18(14(2)24(13)30(27,28)17-9-4-3-5-10-17)29(25,26)23-16-8-6-7-15(12-16)19(20,21)22/h3-12,23H,1-2H3. The van der Waals surface area contributed by atoms with E-state index in [1.54, 1.807) is 6.07 Å². The molecule has 160 valence electrons. The first kappa shape index (κ1) is 21.9. The molecule has 30 heavy (non-hydrogen) atoms. The van der Waals surface area contributed by atoms with Gasteiger partial charge in [-0.15, -0.1) is 0 Å². The van der Waals surface area contributed by atoms with Crippen LogP contribution in [0, 0.1) is 13.8 Å². The molecular weight excluding hydrogens is 441 g/mol. The van der Waals surface area contributed by atoms with Crippen LogP contribution >= 0.6 is 0 Å². The van der Waals surface area contributed by atoms with Crippen LogP contribution in [0.1, 0.15) is 17.0 Å². The highest BCUT2D eigenvalue weighted by atomic mass is 32.2. The van der Waals surface area contributed by atoms with Crippen molar-refractivity contribution in [3.05, 3.63) is 77.6 Å². The van der Waals surface area contributed by atoms with E-state index in [4.69, 9.17) is 0 Å². The van der Waals surface area contributed by atoms with Crippen LogP contribution in [0.3, 0.4) is 0 Å². The zero-order valence-corrected chi connectivity index (χ0v) is 17.4. The van der Waals surface area contributed by atoms with Gasteiger partial charge in [-0.2, -0.15) is 13.2 Å². The number of benzene rings is 2. The summed E-state index contributed by atoms with van der Waals surface area (Å²) in [4.78, 5) is -0.376. The Hall–Kier alpha value is -2.79. The van der Waals surface area contributed by atoms with Crippen molar-refractivity contribution in [3.63, 3.8) is 0 Å². The SMILES string of the molecule is Cc1cc(S(=O)(=O)Nc2cccc(C(F)(F)F)c2)c(C)n1S(=O)(=O)c1ccccc1. The van der Waals surface area contributed by atoms with Crippen LogP contribution < -0.4 is 4.72 Å². The smallest absolute Gasteiger partial charge is 0.280 e. The van der Waals surface area contributed by atoms with Gasteiger partial charge in [0.25, 0.3) is 20.0 Å². The van der Waals surface area contributed by atoms with E-state index in [0.717, 1.165) is 22.2 Å². The van der Waals surface area contributed by atoms with E-state index in [1.165, 1.54) is 44.2 Å². The number of aromatic nitrogens is 1. The Bertz CT molecular complexity index is 1300. The predicted molar refractivity (Wildman–Crippen MR) is 105 cm³/mol. The number of aryl methyl sites for hydroxylation is 1. The van der Waals surface area contributed by atoms with Crippen LogP contribution in [0.15, 0.2) is 70.5 Å². The predicted octanol–water partition coefficient (Wildman–Crippen LogP) is 4.16. The topological polar surface area (TPSA) is 85.2 Å². The third-order valence-electron chi connectivity index (χ3n) is 4.33. The second kappa shape index (κ2) is 7.47. The maximum Gasteiger partial charge on any atom is 0.416 e. The molecule has 3 aromatic rings. The lowest BCUT2D eigenvalue weighted by Gasteiger charge is -2.13. The Labute approximate surface area is 172 Å². The van der Waals surface area contributed by atoms with E-state index in [1.807, 2.05) is 0 Å². The minimum absolute atomic E-state index is 0.0263. The fourth-order valence-electron chi connectivity index (χ4n) is 3.03. The molecule has 0 aliphatic heterocycles. The molecule has 3 rings (SSSR count). The van der Waals surface area contributed by atoms with E-state index in [-0.39, 0.29) is 26.9 Å².